The maximum absolute atomic E-state index is 12.2. The summed E-state index contributed by atoms with van der Waals surface area (Å²) >= 11 is 1.53. The summed E-state index contributed by atoms with van der Waals surface area (Å²) in [5, 5.41) is 11.1. The molecule has 0 saturated heterocycles. The monoisotopic (exact) mass is 253 g/mol. The molecule has 0 unspecified atom stereocenters. The topological polar surface area (TPSA) is 40.9 Å². The van der Waals surface area contributed by atoms with Gasteiger partial charge in [0.15, 0.2) is 0 Å². The van der Waals surface area contributed by atoms with Crippen LogP contribution in [0.2, 0.25) is 0 Å². The third-order valence-corrected chi connectivity index (χ3v) is 3.63. The van der Waals surface area contributed by atoms with Gasteiger partial charge in [0.25, 0.3) is 0 Å². The van der Waals surface area contributed by atoms with Gasteiger partial charge in [-0.05, 0) is 23.9 Å². The number of carbonyl (C=O) groups is 1. The molecule has 1 aromatic carbocycles. The highest BCUT2D eigenvalue weighted by molar-refractivity contribution is 7.11. The van der Waals surface area contributed by atoms with E-state index in [1.807, 2.05) is 36.6 Å². The molecule has 2 nitrogen and oxygen atoms in total. The second kappa shape index (κ2) is 5.44. The second-order valence-electron chi connectivity index (χ2n) is 3.78. The average Bonchev–Trinajstić information content (AvgIpc) is 2.94. The Hall–Kier alpha value is -2.18. The van der Waals surface area contributed by atoms with Gasteiger partial charge in [0.2, 0.25) is 5.78 Å². The Morgan fingerprint density at radius 3 is 2.44 bits per heavy atom. The molecule has 0 aliphatic rings. The molecule has 1 heterocycles. The van der Waals surface area contributed by atoms with Crippen molar-refractivity contribution >= 4 is 22.7 Å². The van der Waals surface area contributed by atoms with Gasteiger partial charge in [-0.2, -0.15) is 5.26 Å². The molecule has 0 aliphatic heterocycles. The van der Waals surface area contributed by atoms with Gasteiger partial charge in [-0.3, -0.25) is 4.79 Å². The molecule has 0 atom stereocenters. The molecule has 1 aromatic heterocycles. The smallest absolute Gasteiger partial charge is 0.203 e. The quantitative estimate of drug-likeness (QED) is 0.472. The summed E-state index contributed by atoms with van der Waals surface area (Å²) in [5.41, 5.74) is 1.50. The number of hydrogen-bond acceptors (Lipinski definition) is 3. The van der Waals surface area contributed by atoms with E-state index >= 15 is 0 Å². The van der Waals surface area contributed by atoms with E-state index in [9.17, 15) is 10.1 Å². The van der Waals surface area contributed by atoms with Crippen molar-refractivity contribution in [3.63, 3.8) is 0 Å². The minimum Gasteiger partial charge on any atom is -0.288 e. The lowest BCUT2D eigenvalue weighted by Gasteiger charge is -2.03. The molecule has 0 radical (unpaired) electrons. The highest BCUT2D eigenvalue weighted by atomic mass is 32.1. The number of Topliss-reactive ketones (excluding diaryl/α,β-unsaturated/α-hetero) is 1. The van der Waals surface area contributed by atoms with E-state index in [1.165, 1.54) is 11.3 Å². The SMILES string of the molecule is C/C(=C(/C#N)C(=O)c1ccccc1)c1cccs1. The minimum absolute atomic E-state index is 0.212. The van der Waals surface area contributed by atoms with Crippen molar-refractivity contribution in [1.82, 2.24) is 0 Å². The first-order valence-corrected chi connectivity index (χ1v) is 6.36. The van der Waals surface area contributed by atoms with Crippen molar-refractivity contribution in [2.75, 3.05) is 0 Å². The van der Waals surface area contributed by atoms with Gasteiger partial charge in [-0.1, -0.05) is 36.4 Å². The van der Waals surface area contributed by atoms with E-state index in [1.54, 1.807) is 24.3 Å². The Morgan fingerprint density at radius 1 is 1.17 bits per heavy atom. The molecule has 0 amide bonds. The van der Waals surface area contributed by atoms with Crippen LogP contribution in [0.4, 0.5) is 0 Å². The number of rotatable bonds is 3. The molecular weight excluding hydrogens is 242 g/mol. The van der Waals surface area contributed by atoms with Crippen molar-refractivity contribution < 1.29 is 4.79 Å². The first kappa shape index (κ1) is 12.3. The van der Waals surface area contributed by atoms with Crippen LogP contribution in [0.5, 0.6) is 0 Å². The van der Waals surface area contributed by atoms with E-state index in [-0.39, 0.29) is 11.4 Å². The first-order valence-electron chi connectivity index (χ1n) is 5.48. The Bertz CT molecular complexity index is 618. The third-order valence-electron chi connectivity index (χ3n) is 2.64. The molecule has 88 valence electrons. The summed E-state index contributed by atoms with van der Waals surface area (Å²) in [6.07, 6.45) is 0. The van der Waals surface area contributed by atoms with Crippen LogP contribution in [-0.2, 0) is 0 Å². The fraction of sp³-hybridized carbons (Fsp3) is 0.0667. The lowest BCUT2D eigenvalue weighted by atomic mass is 9.99. The molecule has 0 N–H and O–H groups in total. The maximum atomic E-state index is 12.2. The fourth-order valence-corrected chi connectivity index (χ4v) is 2.39. The van der Waals surface area contributed by atoms with E-state index in [4.69, 9.17) is 0 Å². The number of nitriles is 1. The molecular formula is C15H11NOS. The molecule has 0 saturated carbocycles. The number of thiophene rings is 1. The first-order chi connectivity index (χ1) is 8.74. The summed E-state index contributed by atoms with van der Waals surface area (Å²) < 4.78 is 0. The fourth-order valence-electron chi connectivity index (χ4n) is 1.65. The predicted octanol–water partition coefficient (Wildman–Crippen LogP) is 3.93. The van der Waals surface area contributed by atoms with Gasteiger partial charge in [-0.25, -0.2) is 0 Å². The maximum Gasteiger partial charge on any atom is 0.203 e. The third kappa shape index (κ3) is 2.39. The highest BCUT2D eigenvalue weighted by Crippen LogP contribution is 2.24. The molecule has 2 aromatic rings. The van der Waals surface area contributed by atoms with Gasteiger partial charge in [0, 0.05) is 10.4 Å². The summed E-state index contributed by atoms with van der Waals surface area (Å²) in [6.45, 7) is 1.81. The second-order valence-corrected chi connectivity index (χ2v) is 4.73. The van der Waals surface area contributed by atoms with E-state index in [2.05, 4.69) is 0 Å². The van der Waals surface area contributed by atoms with Crippen LogP contribution >= 0.6 is 11.3 Å². The van der Waals surface area contributed by atoms with Crippen molar-refractivity contribution in [2.24, 2.45) is 0 Å². The van der Waals surface area contributed by atoms with Crippen molar-refractivity contribution in [3.8, 4) is 6.07 Å². The Labute approximate surface area is 110 Å². The van der Waals surface area contributed by atoms with Crippen LogP contribution < -0.4 is 0 Å². The summed E-state index contributed by atoms with van der Waals surface area (Å²) in [6, 6.07) is 14.7. The number of benzene rings is 1. The summed E-state index contributed by atoms with van der Waals surface area (Å²) in [5.74, 6) is -0.219. The average molecular weight is 253 g/mol. The van der Waals surface area contributed by atoms with Crippen LogP contribution in [0, 0.1) is 11.3 Å². The van der Waals surface area contributed by atoms with Crippen LogP contribution in [0.3, 0.4) is 0 Å². The van der Waals surface area contributed by atoms with Gasteiger partial charge in [-0.15, -0.1) is 11.3 Å². The molecule has 18 heavy (non-hydrogen) atoms. The van der Waals surface area contributed by atoms with Crippen molar-refractivity contribution in [2.45, 2.75) is 6.92 Å². The zero-order valence-corrected chi connectivity index (χ0v) is 10.7. The largest absolute Gasteiger partial charge is 0.288 e. The van der Waals surface area contributed by atoms with Crippen LogP contribution in [0.1, 0.15) is 22.2 Å². The number of hydrogen-bond donors (Lipinski definition) is 0. The zero-order valence-electron chi connectivity index (χ0n) is 9.88. The van der Waals surface area contributed by atoms with E-state index < -0.39 is 0 Å². The van der Waals surface area contributed by atoms with Crippen molar-refractivity contribution in [3.05, 3.63) is 63.9 Å². The van der Waals surface area contributed by atoms with Crippen LogP contribution in [0.25, 0.3) is 5.57 Å². The molecule has 2 rings (SSSR count). The van der Waals surface area contributed by atoms with Crippen LogP contribution in [0.15, 0.2) is 53.4 Å². The van der Waals surface area contributed by atoms with E-state index in [0.717, 1.165) is 10.5 Å². The molecule has 3 heteroatoms. The summed E-state index contributed by atoms with van der Waals surface area (Å²) in [7, 11) is 0. The van der Waals surface area contributed by atoms with Gasteiger partial charge in [0.05, 0.1) is 0 Å². The predicted molar refractivity (Wildman–Crippen MR) is 73.3 cm³/mol. The Balaban J connectivity index is 2.45. The normalized spacial score (nSPS) is 11.6. The number of carbonyl (C=O) groups excluding carboxylic acids is 1. The molecule has 0 spiro atoms. The van der Waals surface area contributed by atoms with Gasteiger partial charge < -0.3 is 0 Å². The Kier molecular flexibility index (Phi) is 3.71. The minimum atomic E-state index is -0.219. The zero-order chi connectivity index (χ0) is 13.0. The lowest BCUT2D eigenvalue weighted by molar-refractivity contribution is 0.103. The Morgan fingerprint density at radius 2 is 1.89 bits per heavy atom. The summed E-state index contributed by atoms with van der Waals surface area (Å²) in [4.78, 5) is 13.2. The van der Waals surface area contributed by atoms with Crippen LogP contribution in [-0.4, -0.2) is 5.78 Å². The van der Waals surface area contributed by atoms with Gasteiger partial charge >= 0.3 is 0 Å². The van der Waals surface area contributed by atoms with Gasteiger partial charge in [0.1, 0.15) is 11.6 Å². The van der Waals surface area contributed by atoms with E-state index in [0.29, 0.717) is 5.56 Å². The lowest BCUT2D eigenvalue weighted by Crippen LogP contribution is -2.03. The molecule has 0 bridgehead atoms. The highest BCUT2D eigenvalue weighted by Gasteiger charge is 2.15. The number of nitrogens with zero attached hydrogens (tertiary/aromatic N) is 1. The van der Waals surface area contributed by atoms with Crippen molar-refractivity contribution in [1.29, 1.82) is 5.26 Å². The molecule has 0 fully saturated rings. The standard InChI is InChI=1S/C15H11NOS/c1-11(14-8-5-9-18-14)13(10-16)15(17)12-6-3-2-4-7-12/h2-9H,1H3/b13-11+. The number of ketones is 1. The molecule has 0 aliphatic carbocycles. The number of allylic oxidation sites excluding steroid dienone is 2.